The van der Waals surface area contributed by atoms with Gasteiger partial charge in [-0.25, -0.2) is 4.79 Å². The van der Waals surface area contributed by atoms with E-state index in [1.807, 2.05) is 19.1 Å². The molecule has 1 aromatic rings. The number of benzene rings is 1. The standard InChI is InChI=1S/C11H14N2O3S.C10H12O2/c12-8(14)6-13-10(15)9(17-11(13)16)7-4-2-1-3-5-7;1-3-12-10(11)9-6-4-8(2)5-7-9/h1-6H2,(H2,12,14);4-7H,3H2,1-2H3. The van der Waals surface area contributed by atoms with Crippen LogP contribution >= 0.6 is 11.8 Å². The number of ether oxygens (including phenoxy) is 1. The molecule has 1 heterocycles. The van der Waals surface area contributed by atoms with Crippen molar-refractivity contribution in [3.05, 3.63) is 45.9 Å². The van der Waals surface area contributed by atoms with E-state index in [0.29, 0.717) is 17.1 Å². The Balaban J connectivity index is 0.000000221. The highest BCUT2D eigenvalue weighted by Gasteiger charge is 2.37. The molecule has 3 amide bonds. The Morgan fingerprint density at radius 1 is 1.10 bits per heavy atom. The fourth-order valence-electron chi connectivity index (χ4n) is 3.02. The zero-order valence-corrected chi connectivity index (χ0v) is 17.5. The summed E-state index contributed by atoms with van der Waals surface area (Å²) in [6.07, 6.45) is 5.07. The fraction of sp³-hybridized carbons (Fsp3) is 0.429. The quantitative estimate of drug-likeness (QED) is 0.592. The summed E-state index contributed by atoms with van der Waals surface area (Å²) in [7, 11) is 0. The fourth-order valence-corrected chi connectivity index (χ4v) is 4.00. The van der Waals surface area contributed by atoms with Crippen LogP contribution in [0.2, 0.25) is 0 Å². The van der Waals surface area contributed by atoms with Crippen molar-refractivity contribution in [2.24, 2.45) is 5.73 Å². The number of carbonyl (C=O) groups excluding carboxylic acids is 4. The van der Waals surface area contributed by atoms with Crippen LogP contribution in [0, 0.1) is 6.92 Å². The molecule has 1 saturated carbocycles. The molecule has 2 N–H and O–H groups in total. The van der Waals surface area contributed by atoms with Crippen LogP contribution in [-0.4, -0.2) is 41.1 Å². The van der Waals surface area contributed by atoms with Crippen molar-refractivity contribution in [3.63, 3.8) is 0 Å². The molecule has 7 nitrogen and oxygen atoms in total. The molecule has 1 aromatic carbocycles. The van der Waals surface area contributed by atoms with Gasteiger partial charge in [-0.1, -0.05) is 29.7 Å². The van der Waals surface area contributed by atoms with Crippen LogP contribution in [-0.2, 0) is 14.3 Å². The normalized spacial score (nSPS) is 16.4. The summed E-state index contributed by atoms with van der Waals surface area (Å²) in [5.74, 6) is -1.27. The van der Waals surface area contributed by atoms with E-state index < -0.39 is 5.91 Å². The predicted molar refractivity (Wildman–Crippen MR) is 111 cm³/mol. The first-order chi connectivity index (χ1) is 13.8. The molecule has 0 spiro atoms. The molecule has 0 bridgehead atoms. The van der Waals surface area contributed by atoms with Gasteiger partial charge in [0.15, 0.2) is 0 Å². The number of amides is 3. The van der Waals surface area contributed by atoms with Crippen LogP contribution in [0.3, 0.4) is 0 Å². The number of nitrogens with zero attached hydrogens (tertiary/aromatic N) is 1. The average molecular weight is 419 g/mol. The monoisotopic (exact) mass is 418 g/mol. The Labute approximate surface area is 174 Å². The predicted octanol–water partition coefficient (Wildman–Crippen LogP) is 3.56. The minimum absolute atomic E-state index is 0.252. The number of rotatable bonds is 4. The van der Waals surface area contributed by atoms with E-state index >= 15 is 0 Å². The van der Waals surface area contributed by atoms with Crippen molar-refractivity contribution in [2.75, 3.05) is 13.2 Å². The Morgan fingerprint density at radius 2 is 1.72 bits per heavy atom. The maximum atomic E-state index is 12.0. The summed E-state index contributed by atoms with van der Waals surface area (Å²) >= 11 is 0.940. The van der Waals surface area contributed by atoms with Gasteiger partial charge in [-0.05, 0) is 63.4 Å². The summed E-state index contributed by atoms with van der Waals surface area (Å²) < 4.78 is 4.83. The topological polar surface area (TPSA) is 107 Å². The van der Waals surface area contributed by atoms with Gasteiger partial charge in [0.25, 0.3) is 11.1 Å². The minimum atomic E-state index is -0.665. The number of hydrogen-bond acceptors (Lipinski definition) is 6. The van der Waals surface area contributed by atoms with Gasteiger partial charge in [0, 0.05) is 0 Å². The van der Waals surface area contributed by atoms with Crippen LogP contribution in [0.4, 0.5) is 4.79 Å². The molecule has 1 aliphatic carbocycles. The molecule has 3 rings (SSSR count). The molecule has 0 unspecified atom stereocenters. The van der Waals surface area contributed by atoms with E-state index in [2.05, 4.69) is 0 Å². The Hall–Kier alpha value is -2.61. The number of esters is 1. The molecular weight excluding hydrogens is 392 g/mol. The number of primary amides is 1. The highest BCUT2D eigenvalue weighted by Crippen LogP contribution is 2.37. The van der Waals surface area contributed by atoms with Gasteiger partial charge >= 0.3 is 5.97 Å². The maximum absolute atomic E-state index is 12.0. The lowest BCUT2D eigenvalue weighted by atomic mass is 9.94. The molecule has 0 atom stereocenters. The molecule has 0 radical (unpaired) electrons. The number of nitrogens with two attached hydrogens (primary N) is 1. The molecule has 1 aliphatic heterocycles. The molecule has 2 fully saturated rings. The largest absolute Gasteiger partial charge is 0.462 e. The van der Waals surface area contributed by atoms with E-state index in [-0.39, 0.29) is 23.7 Å². The van der Waals surface area contributed by atoms with Gasteiger partial charge in [0.1, 0.15) is 6.54 Å². The number of hydrogen-bond donors (Lipinski definition) is 1. The van der Waals surface area contributed by atoms with Gasteiger partial charge in [0.2, 0.25) is 5.91 Å². The Bertz CT molecular complexity index is 809. The smallest absolute Gasteiger partial charge is 0.338 e. The summed E-state index contributed by atoms with van der Waals surface area (Å²) in [4.78, 5) is 46.9. The molecule has 2 aliphatic rings. The second-order valence-electron chi connectivity index (χ2n) is 6.81. The van der Waals surface area contributed by atoms with E-state index in [4.69, 9.17) is 10.5 Å². The number of imide groups is 1. The number of carbonyl (C=O) groups is 4. The lowest BCUT2D eigenvalue weighted by Crippen LogP contribution is -2.36. The van der Waals surface area contributed by atoms with Crippen LogP contribution in [0.1, 0.15) is 54.9 Å². The Kier molecular flexibility index (Phi) is 8.45. The molecular formula is C21H26N2O5S. The van der Waals surface area contributed by atoms with Crippen molar-refractivity contribution in [2.45, 2.75) is 46.0 Å². The molecule has 1 saturated heterocycles. The summed E-state index contributed by atoms with van der Waals surface area (Å²) in [5.41, 5.74) is 7.83. The lowest BCUT2D eigenvalue weighted by molar-refractivity contribution is -0.128. The van der Waals surface area contributed by atoms with Gasteiger partial charge in [-0.3, -0.25) is 19.3 Å². The van der Waals surface area contributed by atoms with E-state index in [9.17, 15) is 19.2 Å². The van der Waals surface area contributed by atoms with Crippen LogP contribution in [0.5, 0.6) is 0 Å². The first kappa shape index (κ1) is 22.7. The van der Waals surface area contributed by atoms with Gasteiger partial charge < -0.3 is 10.5 Å². The molecule has 29 heavy (non-hydrogen) atoms. The van der Waals surface area contributed by atoms with E-state index in [0.717, 1.165) is 53.5 Å². The third kappa shape index (κ3) is 6.45. The summed E-state index contributed by atoms with van der Waals surface area (Å²) in [6.45, 7) is 3.88. The van der Waals surface area contributed by atoms with Crippen molar-refractivity contribution >= 4 is 34.8 Å². The van der Waals surface area contributed by atoms with Crippen LogP contribution in [0.25, 0.3) is 0 Å². The second-order valence-corrected chi connectivity index (χ2v) is 7.77. The summed E-state index contributed by atoms with van der Waals surface area (Å²) in [6, 6.07) is 7.33. The zero-order valence-electron chi connectivity index (χ0n) is 16.7. The second kappa shape index (κ2) is 10.8. The highest BCUT2D eigenvalue weighted by molar-refractivity contribution is 8.18. The lowest BCUT2D eigenvalue weighted by Gasteiger charge is -2.15. The van der Waals surface area contributed by atoms with Gasteiger partial charge in [-0.2, -0.15) is 0 Å². The highest BCUT2D eigenvalue weighted by atomic mass is 32.2. The number of aryl methyl sites for hydroxylation is 1. The van der Waals surface area contributed by atoms with E-state index in [1.54, 1.807) is 19.1 Å². The minimum Gasteiger partial charge on any atom is -0.462 e. The van der Waals surface area contributed by atoms with Gasteiger partial charge in [0.05, 0.1) is 17.1 Å². The van der Waals surface area contributed by atoms with Crippen LogP contribution in [0.15, 0.2) is 34.7 Å². The van der Waals surface area contributed by atoms with Crippen molar-refractivity contribution < 1.29 is 23.9 Å². The zero-order chi connectivity index (χ0) is 21.4. The summed E-state index contributed by atoms with van der Waals surface area (Å²) in [5, 5.41) is -0.387. The average Bonchev–Trinajstić information content (AvgIpc) is 2.98. The van der Waals surface area contributed by atoms with E-state index in [1.165, 1.54) is 6.42 Å². The first-order valence-corrected chi connectivity index (χ1v) is 10.4. The van der Waals surface area contributed by atoms with Crippen molar-refractivity contribution in [1.29, 1.82) is 0 Å². The molecule has 8 heteroatoms. The third-order valence-corrected chi connectivity index (χ3v) is 5.57. The van der Waals surface area contributed by atoms with Crippen molar-refractivity contribution in [3.8, 4) is 0 Å². The first-order valence-electron chi connectivity index (χ1n) is 9.61. The van der Waals surface area contributed by atoms with Gasteiger partial charge in [-0.15, -0.1) is 0 Å². The number of thioether (sulfide) groups is 1. The molecule has 156 valence electrons. The third-order valence-electron chi connectivity index (χ3n) is 4.50. The Morgan fingerprint density at radius 3 is 2.28 bits per heavy atom. The maximum Gasteiger partial charge on any atom is 0.338 e. The molecule has 0 aromatic heterocycles. The van der Waals surface area contributed by atoms with Crippen LogP contribution < -0.4 is 5.73 Å². The SMILES string of the molecule is CCOC(=O)c1ccc(C)cc1.NC(=O)CN1C(=O)SC(=C2CCCCC2)C1=O. The van der Waals surface area contributed by atoms with Crippen molar-refractivity contribution in [1.82, 2.24) is 4.90 Å². The number of allylic oxidation sites excluding steroid dienone is 1.